The Morgan fingerprint density at radius 2 is 1.92 bits per heavy atom. The number of hydrogen-bond donors (Lipinski definition) is 0. The van der Waals surface area contributed by atoms with Crippen molar-refractivity contribution in [1.82, 2.24) is 14.6 Å². The monoisotopic (exact) mass is 379 g/mol. The second-order valence-electron chi connectivity index (χ2n) is 5.26. The molecule has 2 heterocycles. The van der Waals surface area contributed by atoms with Crippen LogP contribution in [-0.2, 0) is 4.74 Å². The van der Waals surface area contributed by atoms with Gasteiger partial charge in [-0.2, -0.15) is 9.61 Å². The van der Waals surface area contributed by atoms with Gasteiger partial charge in [0.15, 0.2) is 5.65 Å². The van der Waals surface area contributed by atoms with Gasteiger partial charge in [0, 0.05) is 21.8 Å². The lowest BCUT2D eigenvalue weighted by Gasteiger charge is -2.09. The van der Waals surface area contributed by atoms with Crippen molar-refractivity contribution < 1.29 is 14.3 Å². The number of aryl methyl sites for hydroxylation is 1. The molecule has 3 rings (SSSR count). The molecule has 2 aromatic heterocycles. The van der Waals surface area contributed by atoms with E-state index in [0.717, 1.165) is 11.1 Å². The van der Waals surface area contributed by atoms with Crippen LogP contribution < -0.4 is 4.74 Å². The molecule has 0 amide bonds. The summed E-state index contributed by atoms with van der Waals surface area (Å²) in [4.78, 5) is 16.5. The molecule has 0 aliphatic heterocycles. The van der Waals surface area contributed by atoms with Crippen LogP contribution in [-0.4, -0.2) is 34.3 Å². The molecule has 1 aromatic carbocycles. The molecule has 0 bridgehead atoms. The van der Waals surface area contributed by atoms with Gasteiger partial charge in [-0.05, 0) is 37.6 Å². The molecule has 0 N–H and O–H groups in total. The SMILES string of the molecule is CCOC(=O)c1cnc2c(-c3cc(Cl)cc(Cl)c3)c(C)nn2c1OC. The van der Waals surface area contributed by atoms with Crippen LogP contribution in [0.3, 0.4) is 0 Å². The van der Waals surface area contributed by atoms with E-state index in [2.05, 4.69) is 10.1 Å². The molecule has 0 spiro atoms. The van der Waals surface area contributed by atoms with Gasteiger partial charge in [-0.1, -0.05) is 23.2 Å². The largest absolute Gasteiger partial charge is 0.480 e. The minimum Gasteiger partial charge on any atom is -0.480 e. The van der Waals surface area contributed by atoms with Crippen LogP contribution in [0.5, 0.6) is 5.88 Å². The average Bonchev–Trinajstić information content (AvgIpc) is 2.89. The fourth-order valence-electron chi connectivity index (χ4n) is 2.65. The van der Waals surface area contributed by atoms with E-state index >= 15 is 0 Å². The quantitative estimate of drug-likeness (QED) is 0.635. The molecular formula is C17H15Cl2N3O3. The number of ether oxygens (including phenoxy) is 2. The Morgan fingerprint density at radius 1 is 1.24 bits per heavy atom. The number of carbonyl (C=O) groups is 1. The molecule has 6 nitrogen and oxygen atoms in total. The molecule has 8 heteroatoms. The number of carbonyl (C=O) groups excluding carboxylic acids is 1. The van der Waals surface area contributed by atoms with Gasteiger partial charge < -0.3 is 9.47 Å². The minimum absolute atomic E-state index is 0.204. The summed E-state index contributed by atoms with van der Waals surface area (Å²) in [7, 11) is 1.46. The van der Waals surface area contributed by atoms with Crippen molar-refractivity contribution in [2.75, 3.05) is 13.7 Å². The predicted octanol–water partition coefficient (Wildman–Crippen LogP) is 4.20. The van der Waals surface area contributed by atoms with Gasteiger partial charge in [0.2, 0.25) is 5.88 Å². The third-order valence-electron chi connectivity index (χ3n) is 3.61. The van der Waals surface area contributed by atoms with Crippen LogP contribution in [0.4, 0.5) is 0 Å². The molecule has 0 aliphatic carbocycles. The Labute approximate surface area is 154 Å². The number of esters is 1. The molecule has 0 saturated heterocycles. The second-order valence-corrected chi connectivity index (χ2v) is 6.13. The van der Waals surface area contributed by atoms with E-state index in [-0.39, 0.29) is 18.1 Å². The van der Waals surface area contributed by atoms with E-state index in [9.17, 15) is 4.79 Å². The molecule has 0 unspecified atom stereocenters. The van der Waals surface area contributed by atoms with Gasteiger partial charge in [-0.15, -0.1) is 0 Å². The van der Waals surface area contributed by atoms with Gasteiger partial charge in [0.05, 0.1) is 19.4 Å². The maximum atomic E-state index is 12.1. The van der Waals surface area contributed by atoms with Crippen molar-refractivity contribution in [3.63, 3.8) is 0 Å². The van der Waals surface area contributed by atoms with E-state index in [1.54, 1.807) is 25.1 Å². The topological polar surface area (TPSA) is 65.7 Å². The number of fused-ring (bicyclic) bond motifs is 1. The Morgan fingerprint density at radius 3 is 2.52 bits per heavy atom. The lowest BCUT2D eigenvalue weighted by atomic mass is 10.1. The predicted molar refractivity (Wildman–Crippen MR) is 95.7 cm³/mol. The van der Waals surface area contributed by atoms with Crippen molar-refractivity contribution in [2.45, 2.75) is 13.8 Å². The van der Waals surface area contributed by atoms with Gasteiger partial charge >= 0.3 is 5.97 Å². The summed E-state index contributed by atoms with van der Waals surface area (Å²) in [6.45, 7) is 3.82. The van der Waals surface area contributed by atoms with Crippen LogP contribution in [0.15, 0.2) is 24.4 Å². The third kappa shape index (κ3) is 3.15. The smallest absolute Gasteiger partial charge is 0.345 e. The molecule has 25 heavy (non-hydrogen) atoms. The lowest BCUT2D eigenvalue weighted by Crippen LogP contribution is -2.11. The first-order valence-electron chi connectivity index (χ1n) is 7.52. The highest BCUT2D eigenvalue weighted by Gasteiger charge is 2.22. The number of rotatable bonds is 4. The molecule has 0 aliphatic rings. The second kappa shape index (κ2) is 6.90. The number of hydrogen-bond acceptors (Lipinski definition) is 5. The first-order chi connectivity index (χ1) is 12.0. The standard InChI is InChI=1S/C17H15Cl2N3O3/c1-4-25-17(23)13-8-20-15-14(9(2)21-22(15)16(13)24-3)10-5-11(18)7-12(19)6-10/h5-8H,4H2,1-3H3. The summed E-state index contributed by atoms with van der Waals surface area (Å²) in [5, 5.41) is 5.48. The van der Waals surface area contributed by atoms with Crippen LogP contribution in [0.1, 0.15) is 23.0 Å². The summed E-state index contributed by atoms with van der Waals surface area (Å²) in [6, 6.07) is 5.22. The van der Waals surface area contributed by atoms with Gasteiger partial charge in [0.25, 0.3) is 0 Å². The molecule has 0 radical (unpaired) electrons. The zero-order valence-electron chi connectivity index (χ0n) is 13.8. The van der Waals surface area contributed by atoms with E-state index in [1.807, 2.05) is 6.92 Å². The van der Waals surface area contributed by atoms with Crippen LogP contribution >= 0.6 is 23.2 Å². The zero-order valence-corrected chi connectivity index (χ0v) is 15.4. The Kier molecular flexibility index (Phi) is 4.83. The van der Waals surface area contributed by atoms with E-state index in [1.165, 1.54) is 17.8 Å². The van der Waals surface area contributed by atoms with Crippen molar-refractivity contribution >= 4 is 34.8 Å². The molecule has 0 fully saturated rings. The van der Waals surface area contributed by atoms with Crippen molar-refractivity contribution in [1.29, 1.82) is 0 Å². The zero-order chi connectivity index (χ0) is 18.1. The Balaban J connectivity index is 2.26. The Bertz CT molecular complexity index is 949. The fourth-order valence-corrected chi connectivity index (χ4v) is 3.18. The molecule has 0 atom stereocenters. The fraction of sp³-hybridized carbons (Fsp3) is 0.235. The highest BCUT2D eigenvalue weighted by molar-refractivity contribution is 6.35. The van der Waals surface area contributed by atoms with Crippen molar-refractivity contribution in [3.05, 3.63) is 45.7 Å². The number of methoxy groups -OCH3 is 1. The summed E-state index contributed by atoms with van der Waals surface area (Å²) in [5.41, 5.74) is 2.97. The lowest BCUT2D eigenvalue weighted by molar-refractivity contribution is 0.0520. The van der Waals surface area contributed by atoms with Gasteiger partial charge in [0.1, 0.15) is 5.56 Å². The normalized spacial score (nSPS) is 10.9. The number of aromatic nitrogens is 3. The summed E-state index contributed by atoms with van der Waals surface area (Å²) in [5.74, 6) is -0.264. The van der Waals surface area contributed by atoms with E-state index in [0.29, 0.717) is 21.4 Å². The van der Waals surface area contributed by atoms with Crippen molar-refractivity contribution in [3.8, 4) is 17.0 Å². The molecule has 0 saturated carbocycles. The highest BCUT2D eigenvalue weighted by atomic mass is 35.5. The molecule has 3 aromatic rings. The maximum absolute atomic E-state index is 12.1. The van der Waals surface area contributed by atoms with Crippen LogP contribution in [0.25, 0.3) is 16.8 Å². The van der Waals surface area contributed by atoms with E-state index < -0.39 is 5.97 Å². The molecular weight excluding hydrogens is 365 g/mol. The van der Waals surface area contributed by atoms with Gasteiger partial charge in [-0.3, -0.25) is 0 Å². The number of halogens is 2. The van der Waals surface area contributed by atoms with Crippen LogP contribution in [0, 0.1) is 6.92 Å². The Hall–Kier alpha value is -2.31. The minimum atomic E-state index is -0.519. The first-order valence-corrected chi connectivity index (χ1v) is 8.27. The number of nitrogens with zero attached hydrogens (tertiary/aromatic N) is 3. The maximum Gasteiger partial charge on any atom is 0.345 e. The number of benzene rings is 1. The summed E-state index contributed by atoms with van der Waals surface area (Å²) >= 11 is 12.2. The van der Waals surface area contributed by atoms with Crippen LogP contribution in [0.2, 0.25) is 10.0 Å². The third-order valence-corrected chi connectivity index (χ3v) is 4.05. The highest BCUT2D eigenvalue weighted by Crippen LogP contribution is 2.33. The van der Waals surface area contributed by atoms with E-state index in [4.69, 9.17) is 32.7 Å². The average molecular weight is 380 g/mol. The first kappa shape index (κ1) is 17.5. The summed E-state index contributed by atoms with van der Waals surface area (Å²) in [6.07, 6.45) is 1.42. The van der Waals surface area contributed by atoms with Gasteiger partial charge in [-0.25, -0.2) is 9.78 Å². The summed E-state index contributed by atoms with van der Waals surface area (Å²) < 4.78 is 11.9. The molecule has 130 valence electrons. The van der Waals surface area contributed by atoms with Crippen molar-refractivity contribution in [2.24, 2.45) is 0 Å².